The Hall–Kier alpha value is -4.22. The van der Waals surface area contributed by atoms with E-state index in [1.54, 1.807) is 52.1 Å². The van der Waals surface area contributed by atoms with E-state index in [9.17, 15) is 24.5 Å². The predicted molar refractivity (Wildman–Crippen MR) is 128 cm³/mol. The second kappa shape index (κ2) is 12.3. The number of esters is 1. The standard InChI is InChI=1S/C23H29N5O7/c1-23(2,3)35-22(31)27-17(21(30)34-14-15-8-6-5-7-9-15)10-11-19(29)26-18-12-16(28(32)33)13-25-20(18)24-4/h5-9,12-13,17H,10-11,14H2,1-4H3,(H,24,25)(H,26,29)(H,27,31). The maximum Gasteiger partial charge on any atom is 0.408 e. The van der Waals surface area contributed by atoms with Crippen molar-refractivity contribution >= 4 is 35.2 Å². The number of nitro groups is 1. The number of alkyl carbamates (subject to hydrolysis) is 1. The number of hydrogen-bond donors (Lipinski definition) is 3. The molecule has 1 aromatic carbocycles. The summed E-state index contributed by atoms with van der Waals surface area (Å²) < 4.78 is 10.5. The summed E-state index contributed by atoms with van der Waals surface area (Å²) in [4.78, 5) is 51.8. The van der Waals surface area contributed by atoms with Crippen LogP contribution < -0.4 is 16.0 Å². The van der Waals surface area contributed by atoms with E-state index in [1.807, 2.05) is 6.07 Å². The van der Waals surface area contributed by atoms with Crippen LogP contribution in [-0.2, 0) is 25.7 Å². The van der Waals surface area contributed by atoms with Crippen molar-refractivity contribution in [2.45, 2.75) is 51.9 Å². The summed E-state index contributed by atoms with van der Waals surface area (Å²) >= 11 is 0. The van der Waals surface area contributed by atoms with Crippen LogP contribution in [-0.4, -0.2) is 46.6 Å². The van der Waals surface area contributed by atoms with E-state index in [0.717, 1.165) is 11.8 Å². The van der Waals surface area contributed by atoms with E-state index in [-0.39, 0.29) is 36.6 Å². The van der Waals surface area contributed by atoms with Crippen LogP contribution in [0, 0.1) is 10.1 Å². The Morgan fingerprint density at radius 3 is 2.46 bits per heavy atom. The summed E-state index contributed by atoms with van der Waals surface area (Å²) in [5.74, 6) is -1.05. The Balaban J connectivity index is 2.07. The first-order chi connectivity index (χ1) is 16.5. The number of aromatic nitrogens is 1. The van der Waals surface area contributed by atoms with Crippen LogP contribution in [0.3, 0.4) is 0 Å². The molecule has 0 aliphatic carbocycles. The number of amides is 2. The summed E-state index contributed by atoms with van der Waals surface area (Å²) in [6.45, 7) is 5.02. The molecule has 2 aromatic rings. The van der Waals surface area contributed by atoms with Crippen LogP contribution >= 0.6 is 0 Å². The number of benzene rings is 1. The van der Waals surface area contributed by atoms with Crippen molar-refractivity contribution in [1.29, 1.82) is 0 Å². The van der Waals surface area contributed by atoms with Crippen molar-refractivity contribution in [3.8, 4) is 0 Å². The third-order valence-electron chi connectivity index (χ3n) is 4.45. The maximum atomic E-state index is 12.7. The highest BCUT2D eigenvalue weighted by atomic mass is 16.6. The van der Waals surface area contributed by atoms with Crippen LogP contribution in [0.1, 0.15) is 39.2 Å². The summed E-state index contributed by atoms with van der Waals surface area (Å²) in [6.07, 6.45) is -0.0758. The molecule has 1 unspecified atom stereocenters. The van der Waals surface area contributed by atoms with Crippen molar-refractivity contribution in [2.24, 2.45) is 0 Å². The summed E-state index contributed by atoms with van der Waals surface area (Å²) in [7, 11) is 1.55. The Morgan fingerprint density at radius 2 is 1.86 bits per heavy atom. The molecule has 0 aliphatic heterocycles. The lowest BCUT2D eigenvalue weighted by Gasteiger charge is -2.23. The van der Waals surface area contributed by atoms with Crippen LogP contribution in [0.15, 0.2) is 42.6 Å². The van der Waals surface area contributed by atoms with Crippen LogP contribution in [0.25, 0.3) is 0 Å². The van der Waals surface area contributed by atoms with Gasteiger partial charge in [0.1, 0.15) is 30.3 Å². The van der Waals surface area contributed by atoms with Gasteiger partial charge in [-0.1, -0.05) is 30.3 Å². The fourth-order valence-corrected chi connectivity index (χ4v) is 2.86. The van der Waals surface area contributed by atoms with Gasteiger partial charge in [0.25, 0.3) is 5.69 Å². The Morgan fingerprint density at radius 1 is 1.17 bits per heavy atom. The number of carbonyl (C=O) groups excluding carboxylic acids is 3. The van der Waals surface area contributed by atoms with Gasteiger partial charge in [0.2, 0.25) is 5.91 Å². The van der Waals surface area contributed by atoms with E-state index >= 15 is 0 Å². The highest BCUT2D eigenvalue weighted by Gasteiger charge is 2.26. The molecular formula is C23H29N5O7. The first-order valence-corrected chi connectivity index (χ1v) is 10.8. The van der Waals surface area contributed by atoms with Gasteiger partial charge in [-0.05, 0) is 32.8 Å². The topological polar surface area (TPSA) is 162 Å². The largest absolute Gasteiger partial charge is 0.459 e. The average Bonchev–Trinajstić information content (AvgIpc) is 2.79. The molecule has 2 amide bonds. The number of carbonyl (C=O) groups is 3. The minimum atomic E-state index is -1.16. The molecule has 0 saturated carbocycles. The molecule has 0 spiro atoms. The maximum absolute atomic E-state index is 12.7. The van der Waals surface area contributed by atoms with Gasteiger partial charge in [0.05, 0.1) is 10.6 Å². The smallest absolute Gasteiger partial charge is 0.408 e. The molecule has 0 bridgehead atoms. The molecule has 1 heterocycles. The van der Waals surface area contributed by atoms with Crippen LogP contribution in [0.5, 0.6) is 0 Å². The first kappa shape index (κ1) is 27.0. The average molecular weight is 488 g/mol. The predicted octanol–water partition coefficient (Wildman–Crippen LogP) is 3.39. The number of nitrogens with zero attached hydrogens (tertiary/aromatic N) is 2. The molecule has 1 atom stereocenters. The fourth-order valence-electron chi connectivity index (χ4n) is 2.86. The third kappa shape index (κ3) is 9.27. The minimum Gasteiger partial charge on any atom is -0.459 e. The van der Waals surface area contributed by atoms with E-state index in [2.05, 4.69) is 20.9 Å². The fraction of sp³-hybridized carbons (Fsp3) is 0.391. The number of rotatable bonds is 10. The lowest BCUT2D eigenvalue weighted by Crippen LogP contribution is -2.44. The normalized spacial score (nSPS) is 11.7. The molecule has 1 aromatic heterocycles. The molecule has 2 rings (SSSR count). The molecule has 0 aliphatic rings. The minimum absolute atomic E-state index is 0.0107. The molecular weight excluding hydrogens is 458 g/mol. The Labute approximate surface area is 202 Å². The van der Waals surface area contributed by atoms with Gasteiger partial charge in [0, 0.05) is 19.5 Å². The van der Waals surface area contributed by atoms with Gasteiger partial charge in [-0.25, -0.2) is 14.6 Å². The number of nitrogens with one attached hydrogen (secondary N) is 3. The summed E-state index contributed by atoms with van der Waals surface area (Å²) in [5.41, 5.74) is -0.228. The van der Waals surface area contributed by atoms with E-state index < -0.39 is 34.5 Å². The Kier molecular flexibility index (Phi) is 9.50. The van der Waals surface area contributed by atoms with Gasteiger partial charge in [0.15, 0.2) is 0 Å². The van der Waals surface area contributed by atoms with Gasteiger partial charge in [-0.15, -0.1) is 0 Å². The SMILES string of the molecule is CNc1ncc([N+](=O)[O-])cc1NC(=O)CCC(NC(=O)OC(C)(C)C)C(=O)OCc1ccccc1. The van der Waals surface area contributed by atoms with Gasteiger partial charge < -0.3 is 25.4 Å². The number of ether oxygens (including phenoxy) is 2. The molecule has 12 nitrogen and oxygen atoms in total. The van der Waals surface area contributed by atoms with Crippen molar-refractivity contribution in [3.63, 3.8) is 0 Å². The van der Waals surface area contributed by atoms with E-state index in [1.165, 1.54) is 6.07 Å². The number of anilines is 2. The van der Waals surface area contributed by atoms with Crippen LogP contribution in [0.4, 0.5) is 22.0 Å². The van der Waals surface area contributed by atoms with E-state index in [4.69, 9.17) is 9.47 Å². The van der Waals surface area contributed by atoms with Gasteiger partial charge in [-0.3, -0.25) is 14.9 Å². The molecule has 188 valence electrons. The first-order valence-electron chi connectivity index (χ1n) is 10.8. The molecule has 0 fully saturated rings. The van der Waals surface area contributed by atoms with Gasteiger partial charge >= 0.3 is 12.1 Å². The van der Waals surface area contributed by atoms with Crippen molar-refractivity contribution in [2.75, 3.05) is 17.7 Å². The third-order valence-corrected chi connectivity index (χ3v) is 4.45. The van der Waals surface area contributed by atoms with Crippen LogP contribution in [0.2, 0.25) is 0 Å². The molecule has 35 heavy (non-hydrogen) atoms. The zero-order valence-electron chi connectivity index (χ0n) is 20.0. The quantitative estimate of drug-likeness (QED) is 0.259. The molecule has 0 radical (unpaired) electrons. The van der Waals surface area contributed by atoms with Gasteiger partial charge in [-0.2, -0.15) is 0 Å². The molecule has 12 heteroatoms. The van der Waals surface area contributed by atoms with E-state index in [0.29, 0.717) is 0 Å². The molecule has 3 N–H and O–H groups in total. The number of hydrogen-bond acceptors (Lipinski definition) is 9. The lowest BCUT2D eigenvalue weighted by molar-refractivity contribution is -0.385. The second-order valence-corrected chi connectivity index (χ2v) is 8.48. The molecule has 0 saturated heterocycles. The highest BCUT2D eigenvalue weighted by molar-refractivity contribution is 5.94. The summed E-state index contributed by atoms with van der Waals surface area (Å²) in [5, 5.41) is 18.7. The highest BCUT2D eigenvalue weighted by Crippen LogP contribution is 2.24. The van der Waals surface area contributed by atoms with Crippen molar-refractivity contribution in [3.05, 3.63) is 58.3 Å². The van der Waals surface area contributed by atoms with Crippen molar-refractivity contribution < 1.29 is 28.8 Å². The summed E-state index contributed by atoms with van der Waals surface area (Å²) in [6, 6.07) is 8.99. The Bertz CT molecular complexity index is 1050. The zero-order chi connectivity index (χ0) is 26.0. The van der Waals surface area contributed by atoms with Crippen molar-refractivity contribution in [1.82, 2.24) is 10.3 Å². The zero-order valence-corrected chi connectivity index (χ0v) is 20.0. The second-order valence-electron chi connectivity index (χ2n) is 8.48. The lowest BCUT2D eigenvalue weighted by atomic mass is 10.1. The number of pyridine rings is 1. The monoisotopic (exact) mass is 487 g/mol.